The first kappa shape index (κ1) is 15.6. The van der Waals surface area contributed by atoms with E-state index in [1.54, 1.807) is 0 Å². The zero-order valence-corrected chi connectivity index (χ0v) is 15.6. The van der Waals surface area contributed by atoms with Crippen LogP contribution in [0.1, 0.15) is 0 Å². The van der Waals surface area contributed by atoms with Crippen molar-refractivity contribution in [2.24, 2.45) is 0 Å². The van der Waals surface area contributed by atoms with Crippen molar-refractivity contribution in [2.45, 2.75) is 0 Å². The van der Waals surface area contributed by atoms with Gasteiger partial charge in [-0.05, 0) is 48.5 Å². The highest BCUT2D eigenvalue weighted by Gasteiger charge is 2.10. The van der Waals surface area contributed by atoms with Crippen molar-refractivity contribution in [1.82, 2.24) is 29.9 Å². The summed E-state index contributed by atoms with van der Waals surface area (Å²) in [6, 6.07) is 23.5. The summed E-state index contributed by atoms with van der Waals surface area (Å²) in [6.07, 6.45) is 0. The van der Waals surface area contributed by atoms with Crippen LogP contribution in [0.2, 0.25) is 0 Å². The molecule has 0 aliphatic carbocycles. The fraction of sp³-hybridized carbons (Fsp3) is 0. The van der Waals surface area contributed by atoms with Gasteiger partial charge in [0.2, 0.25) is 0 Å². The van der Waals surface area contributed by atoms with E-state index < -0.39 is 0 Å². The number of hydrogen-bond donors (Lipinski definition) is 0. The van der Waals surface area contributed by atoms with Crippen molar-refractivity contribution in [2.75, 3.05) is 0 Å². The first-order valence-corrected chi connectivity index (χ1v) is 9.65. The van der Waals surface area contributed by atoms with E-state index in [4.69, 9.17) is 29.9 Å². The molecule has 0 fully saturated rings. The average Bonchev–Trinajstić information content (AvgIpc) is 2.77. The first-order valence-electron chi connectivity index (χ1n) is 9.65. The second-order valence-corrected chi connectivity index (χ2v) is 7.31. The van der Waals surface area contributed by atoms with E-state index in [1.165, 1.54) is 0 Å². The maximum atomic E-state index is 4.84. The van der Waals surface area contributed by atoms with Gasteiger partial charge >= 0.3 is 0 Å². The standard InChI is InChI=1S/C24H12N6/c1-2-6-14-13(5-1)25-17-9-21-22(10-18(17)26-14)30-24-12-20-19(11-23(24)29-21)27-15-7-3-4-8-16(15)28-20/h1-12H. The Morgan fingerprint density at radius 2 is 0.467 bits per heavy atom. The molecule has 0 bridgehead atoms. The summed E-state index contributed by atoms with van der Waals surface area (Å²) in [5.74, 6) is 0. The first-order chi connectivity index (χ1) is 14.8. The molecule has 0 radical (unpaired) electrons. The van der Waals surface area contributed by atoms with Crippen LogP contribution in [0.15, 0.2) is 72.8 Å². The van der Waals surface area contributed by atoms with Gasteiger partial charge in [0.25, 0.3) is 0 Å². The van der Waals surface area contributed by atoms with Gasteiger partial charge in [0.15, 0.2) is 0 Å². The van der Waals surface area contributed by atoms with Gasteiger partial charge < -0.3 is 0 Å². The number of para-hydroxylation sites is 4. The highest BCUT2D eigenvalue weighted by Crippen LogP contribution is 2.25. The number of aromatic nitrogens is 6. The third-order valence-corrected chi connectivity index (χ3v) is 5.35. The summed E-state index contributed by atoms with van der Waals surface area (Å²) < 4.78 is 0. The molecule has 0 aliphatic heterocycles. The van der Waals surface area contributed by atoms with Gasteiger partial charge in [-0.3, -0.25) is 0 Å². The van der Waals surface area contributed by atoms with Crippen LogP contribution in [0.4, 0.5) is 0 Å². The molecule has 3 heterocycles. The molecule has 7 rings (SSSR count). The molecule has 30 heavy (non-hydrogen) atoms. The molecular weight excluding hydrogens is 372 g/mol. The number of benzene rings is 4. The number of fused-ring (bicyclic) bond motifs is 6. The minimum Gasteiger partial charge on any atom is -0.244 e. The third kappa shape index (κ3) is 2.24. The van der Waals surface area contributed by atoms with Crippen LogP contribution in [-0.2, 0) is 0 Å². The molecule has 0 unspecified atom stereocenters. The summed E-state index contributed by atoms with van der Waals surface area (Å²) in [5, 5.41) is 0. The second kappa shape index (κ2) is 5.61. The van der Waals surface area contributed by atoms with Crippen LogP contribution in [0.5, 0.6) is 0 Å². The molecular formula is C24H12N6. The number of hydrogen-bond acceptors (Lipinski definition) is 6. The van der Waals surface area contributed by atoms with Gasteiger partial charge in [-0.1, -0.05) is 24.3 Å². The van der Waals surface area contributed by atoms with Crippen molar-refractivity contribution in [3.63, 3.8) is 0 Å². The molecule has 0 atom stereocenters. The molecule has 0 aliphatic rings. The Hall–Kier alpha value is -4.32. The van der Waals surface area contributed by atoms with E-state index in [-0.39, 0.29) is 0 Å². The second-order valence-electron chi connectivity index (χ2n) is 7.31. The molecule has 0 saturated carbocycles. The van der Waals surface area contributed by atoms with Crippen LogP contribution in [0.3, 0.4) is 0 Å². The van der Waals surface area contributed by atoms with E-state index in [0.29, 0.717) is 0 Å². The fourth-order valence-corrected chi connectivity index (χ4v) is 3.91. The minimum absolute atomic E-state index is 0.785. The van der Waals surface area contributed by atoms with Crippen molar-refractivity contribution >= 4 is 66.2 Å². The van der Waals surface area contributed by atoms with Gasteiger partial charge in [0, 0.05) is 0 Å². The Morgan fingerprint density at radius 3 is 0.700 bits per heavy atom. The summed E-state index contributed by atoms with van der Waals surface area (Å²) in [5.41, 5.74) is 9.83. The summed E-state index contributed by atoms with van der Waals surface area (Å²) >= 11 is 0. The maximum absolute atomic E-state index is 4.84. The van der Waals surface area contributed by atoms with E-state index in [2.05, 4.69) is 0 Å². The predicted octanol–water partition coefficient (Wildman–Crippen LogP) is 4.98. The van der Waals surface area contributed by atoms with Crippen LogP contribution >= 0.6 is 0 Å². The fourth-order valence-electron chi connectivity index (χ4n) is 3.91. The molecule has 7 aromatic rings. The van der Waals surface area contributed by atoms with Gasteiger partial charge in [-0.2, -0.15) is 0 Å². The number of nitrogens with zero attached hydrogens (tertiary/aromatic N) is 6. The monoisotopic (exact) mass is 384 g/mol. The lowest BCUT2D eigenvalue weighted by molar-refractivity contribution is 1.35. The minimum atomic E-state index is 0.785. The molecule has 0 amide bonds. The summed E-state index contributed by atoms with van der Waals surface area (Å²) in [4.78, 5) is 28.6. The SMILES string of the molecule is c1ccc2nc3cc4nc5cc6nc7ccccc7nc6cc5nc4cc3nc2c1. The van der Waals surface area contributed by atoms with Crippen molar-refractivity contribution < 1.29 is 0 Å². The van der Waals surface area contributed by atoms with Crippen LogP contribution < -0.4 is 0 Å². The lowest BCUT2D eigenvalue weighted by Crippen LogP contribution is -1.93. The third-order valence-electron chi connectivity index (χ3n) is 5.35. The molecule has 3 aromatic heterocycles. The topological polar surface area (TPSA) is 77.3 Å². The Morgan fingerprint density at radius 1 is 0.267 bits per heavy atom. The Bertz CT molecular complexity index is 1550. The van der Waals surface area contributed by atoms with Crippen molar-refractivity contribution in [1.29, 1.82) is 0 Å². The van der Waals surface area contributed by atoms with E-state index in [0.717, 1.165) is 66.2 Å². The zero-order chi connectivity index (χ0) is 19.7. The average molecular weight is 384 g/mol. The molecule has 6 nitrogen and oxygen atoms in total. The van der Waals surface area contributed by atoms with Crippen molar-refractivity contribution in [3.05, 3.63) is 72.8 Å². The van der Waals surface area contributed by atoms with E-state index in [9.17, 15) is 0 Å². The molecule has 0 N–H and O–H groups in total. The molecule has 0 spiro atoms. The van der Waals surface area contributed by atoms with Crippen LogP contribution in [-0.4, -0.2) is 29.9 Å². The van der Waals surface area contributed by atoms with Crippen LogP contribution in [0.25, 0.3) is 66.2 Å². The Labute approximate surface area is 169 Å². The lowest BCUT2D eigenvalue weighted by atomic mass is 10.2. The molecule has 138 valence electrons. The predicted molar refractivity (Wildman–Crippen MR) is 118 cm³/mol. The molecule has 0 saturated heterocycles. The summed E-state index contributed by atoms with van der Waals surface area (Å²) in [7, 11) is 0. The highest BCUT2D eigenvalue weighted by atomic mass is 14.9. The smallest absolute Gasteiger partial charge is 0.0917 e. The molecule has 4 aromatic carbocycles. The lowest BCUT2D eigenvalue weighted by Gasteiger charge is -2.06. The highest BCUT2D eigenvalue weighted by molar-refractivity contribution is 6.00. The molecule has 6 heteroatoms. The Kier molecular flexibility index (Phi) is 2.91. The summed E-state index contributed by atoms with van der Waals surface area (Å²) in [6.45, 7) is 0. The van der Waals surface area contributed by atoms with Gasteiger partial charge in [0.05, 0.1) is 66.2 Å². The number of rotatable bonds is 0. The largest absolute Gasteiger partial charge is 0.244 e. The quantitative estimate of drug-likeness (QED) is 0.343. The van der Waals surface area contributed by atoms with Crippen LogP contribution in [0, 0.1) is 0 Å². The van der Waals surface area contributed by atoms with Gasteiger partial charge in [0.1, 0.15) is 0 Å². The zero-order valence-electron chi connectivity index (χ0n) is 15.6. The maximum Gasteiger partial charge on any atom is 0.0917 e. The van der Waals surface area contributed by atoms with Crippen molar-refractivity contribution in [3.8, 4) is 0 Å². The normalized spacial score (nSPS) is 12.0. The van der Waals surface area contributed by atoms with Gasteiger partial charge in [-0.15, -0.1) is 0 Å². The van der Waals surface area contributed by atoms with E-state index in [1.807, 2.05) is 72.8 Å². The van der Waals surface area contributed by atoms with E-state index >= 15 is 0 Å². The van der Waals surface area contributed by atoms with Gasteiger partial charge in [-0.25, -0.2) is 29.9 Å². The Balaban J connectivity index is 1.54.